The maximum absolute atomic E-state index is 11.2. The lowest BCUT2D eigenvalue weighted by Gasteiger charge is -2.40. The number of benzene rings is 1. The molecule has 2 aliphatic heterocycles. The fraction of sp³-hybridized carbons (Fsp3) is 0.500. The molecule has 2 heterocycles. The van der Waals surface area contributed by atoms with Crippen LogP contribution in [0.5, 0.6) is 0 Å². The lowest BCUT2D eigenvalue weighted by Crippen LogP contribution is -2.55. The normalized spacial score (nSPS) is 26.2. The number of hydrogen-bond acceptors (Lipinski definition) is 7. The third kappa shape index (κ3) is 3.13. The molecule has 0 saturated carbocycles. The predicted octanol–water partition coefficient (Wildman–Crippen LogP) is 1.55. The van der Waals surface area contributed by atoms with Gasteiger partial charge in [0.25, 0.3) is 5.69 Å². The Morgan fingerprint density at radius 2 is 2.35 bits per heavy atom. The summed E-state index contributed by atoms with van der Waals surface area (Å²) in [6.45, 7) is 1.53. The molecule has 124 valence electrons. The molecule has 0 bridgehead atoms. The van der Waals surface area contributed by atoms with Gasteiger partial charge in [0.1, 0.15) is 0 Å². The minimum Gasteiger partial charge on any atom is -0.361 e. The van der Waals surface area contributed by atoms with E-state index in [4.69, 9.17) is 0 Å². The number of nitro benzene ring substituents is 1. The Morgan fingerprint density at radius 3 is 3.04 bits per heavy atom. The van der Waals surface area contributed by atoms with Crippen LogP contribution in [0.3, 0.4) is 0 Å². The van der Waals surface area contributed by atoms with Crippen LogP contribution >= 0.6 is 23.5 Å². The SMILES string of the molecule is CC(=O)NC[C@@]1(O)SCCS[C@H]2Cc3cc([N+](=O)[O-])ccc3N21. The number of nitrogens with one attached hydrogen (secondary N) is 1. The molecule has 0 unspecified atom stereocenters. The van der Waals surface area contributed by atoms with Crippen LogP contribution in [0.4, 0.5) is 11.4 Å². The largest absolute Gasteiger partial charge is 0.361 e. The highest BCUT2D eigenvalue weighted by Gasteiger charge is 2.46. The van der Waals surface area contributed by atoms with E-state index in [0.717, 1.165) is 22.8 Å². The number of rotatable bonds is 3. The third-order valence-electron chi connectivity index (χ3n) is 3.89. The van der Waals surface area contributed by atoms with Crippen LogP contribution in [0.2, 0.25) is 0 Å². The zero-order valence-electron chi connectivity index (χ0n) is 12.5. The van der Waals surface area contributed by atoms with Gasteiger partial charge in [0.2, 0.25) is 11.0 Å². The standard InChI is InChI=1S/C14H17N3O4S2/c1-9(18)15-8-14(19)16-12-3-2-11(17(20)21)6-10(12)7-13(16)22-4-5-23-14/h2-3,6,13,19H,4-5,7-8H2,1H3,(H,15,18)/t13-,14+/m0/s1. The van der Waals surface area contributed by atoms with E-state index in [0.29, 0.717) is 6.42 Å². The highest BCUT2D eigenvalue weighted by atomic mass is 32.2. The number of amides is 1. The van der Waals surface area contributed by atoms with Crippen LogP contribution in [-0.2, 0) is 11.2 Å². The molecule has 0 radical (unpaired) electrons. The number of anilines is 1. The average molecular weight is 355 g/mol. The Labute approximate surface area is 142 Å². The molecular weight excluding hydrogens is 338 g/mol. The minimum absolute atomic E-state index is 0.0146. The topological polar surface area (TPSA) is 95.7 Å². The zero-order chi connectivity index (χ0) is 16.6. The number of hydrogen-bond donors (Lipinski definition) is 2. The summed E-state index contributed by atoms with van der Waals surface area (Å²) in [6, 6.07) is 4.73. The third-order valence-corrected chi connectivity index (χ3v) is 6.56. The smallest absolute Gasteiger partial charge is 0.269 e. The molecule has 2 N–H and O–H groups in total. The van der Waals surface area contributed by atoms with Crippen molar-refractivity contribution in [2.45, 2.75) is 23.8 Å². The highest BCUT2D eigenvalue weighted by molar-refractivity contribution is 8.04. The predicted molar refractivity (Wildman–Crippen MR) is 91.6 cm³/mol. The lowest BCUT2D eigenvalue weighted by atomic mass is 10.1. The molecule has 1 saturated heterocycles. The Bertz CT molecular complexity index is 657. The summed E-state index contributed by atoms with van der Waals surface area (Å²) in [7, 11) is 0. The first-order chi connectivity index (χ1) is 10.9. The number of thioether (sulfide) groups is 2. The summed E-state index contributed by atoms with van der Waals surface area (Å²) in [5.74, 6) is 1.45. The van der Waals surface area contributed by atoms with Gasteiger partial charge in [0.05, 0.1) is 16.8 Å². The number of nitrogens with zero attached hydrogens (tertiary/aromatic N) is 2. The van der Waals surface area contributed by atoms with Crippen LogP contribution in [0.15, 0.2) is 18.2 Å². The first kappa shape index (κ1) is 16.4. The highest BCUT2D eigenvalue weighted by Crippen LogP contribution is 2.47. The summed E-state index contributed by atoms with van der Waals surface area (Å²) < 4.78 is 0. The molecule has 2 atom stereocenters. The number of non-ortho nitro benzene ring substituents is 1. The van der Waals surface area contributed by atoms with Crippen LogP contribution in [0, 0.1) is 10.1 Å². The molecule has 23 heavy (non-hydrogen) atoms. The fourth-order valence-corrected chi connectivity index (χ4v) is 5.56. The summed E-state index contributed by atoms with van der Waals surface area (Å²) in [5, 5.41) is 23.5. The quantitative estimate of drug-likeness (QED) is 0.627. The van der Waals surface area contributed by atoms with Crippen molar-refractivity contribution in [3.63, 3.8) is 0 Å². The summed E-state index contributed by atoms with van der Waals surface area (Å²) in [5.41, 5.74) is 1.72. The Morgan fingerprint density at radius 1 is 1.57 bits per heavy atom. The van der Waals surface area contributed by atoms with E-state index in [-0.39, 0.29) is 23.5 Å². The van der Waals surface area contributed by atoms with E-state index in [1.54, 1.807) is 23.9 Å². The first-order valence-corrected chi connectivity index (χ1v) is 9.23. The van der Waals surface area contributed by atoms with Gasteiger partial charge < -0.3 is 15.3 Å². The van der Waals surface area contributed by atoms with Gasteiger partial charge in [0, 0.05) is 42.7 Å². The second-order valence-electron chi connectivity index (χ2n) is 5.47. The molecule has 0 aromatic heterocycles. The van der Waals surface area contributed by atoms with Gasteiger partial charge in [-0.15, -0.1) is 23.5 Å². The van der Waals surface area contributed by atoms with E-state index in [2.05, 4.69) is 5.32 Å². The van der Waals surface area contributed by atoms with Crippen molar-refractivity contribution in [2.75, 3.05) is 23.0 Å². The molecule has 1 amide bonds. The van der Waals surface area contributed by atoms with Crippen LogP contribution in [0.1, 0.15) is 12.5 Å². The maximum Gasteiger partial charge on any atom is 0.269 e. The van der Waals surface area contributed by atoms with Crippen molar-refractivity contribution >= 4 is 40.8 Å². The summed E-state index contributed by atoms with van der Waals surface area (Å²) >= 11 is 3.12. The van der Waals surface area contributed by atoms with Gasteiger partial charge >= 0.3 is 0 Å². The van der Waals surface area contributed by atoms with Gasteiger partial charge in [-0.1, -0.05) is 0 Å². The second-order valence-corrected chi connectivity index (χ2v) is 8.11. The lowest BCUT2D eigenvalue weighted by molar-refractivity contribution is -0.384. The molecule has 0 spiro atoms. The molecule has 9 heteroatoms. The second kappa shape index (κ2) is 6.21. The molecule has 2 aliphatic rings. The van der Waals surface area contributed by atoms with Gasteiger partial charge in [-0.25, -0.2) is 0 Å². The van der Waals surface area contributed by atoms with E-state index < -0.39 is 9.98 Å². The van der Waals surface area contributed by atoms with Crippen LogP contribution in [0.25, 0.3) is 0 Å². The molecule has 1 aromatic carbocycles. The van der Waals surface area contributed by atoms with Crippen LogP contribution in [-0.4, -0.2) is 44.4 Å². The van der Waals surface area contributed by atoms with Crippen LogP contribution < -0.4 is 10.2 Å². The van der Waals surface area contributed by atoms with Crippen molar-refractivity contribution in [1.29, 1.82) is 0 Å². The maximum atomic E-state index is 11.2. The van der Waals surface area contributed by atoms with Gasteiger partial charge in [0.15, 0.2) is 0 Å². The first-order valence-electron chi connectivity index (χ1n) is 7.20. The van der Waals surface area contributed by atoms with Crippen molar-refractivity contribution in [2.24, 2.45) is 0 Å². The molecular formula is C14H17N3O4S2. The Hall–Kier alpha value is -1.45. The molecule has 3 rings (SSSR count). The number of aliphatic hydroxyl groups is 1. The number of carbonyl (C=O) groups is 1. The van der Waals surface area contributed by atoms with Crippen molar-refractivity contribution < 1.29 is 14.8 Å². The summed E-state index contributed by atoms with van der Waals surface area (Å²) in [4.78, 5) is 23.7. The van der Waals surface area contributed by atoms with Gasteiger partial charge in [-0.05, 0) is 11.6 Å². The number of carbonyl (C=O) groups excluding carboxylic acids is 1. The van der Waals surface area contributed by atoms with Gasteiger partial charge in [-0.3, -0.25) is 14.9 Å². The molecule has 1 aromatic rings. The van der Waals surface area contributed by atoms with E-state index in [1.165, 1.54) is 24.8 Å². The van der Waals surface area contributed by atoms with Crippen molar-refractivity contribution in [1.82, 2.24) is 5.32 Å². The fourth-order valence-electron chi connectivity index (χ4n) is 2.90. The van der Waals surface area contributed by atoms with E-state index >= 15 is 0 Å². The van der Waals surface area contributed by atoms with Crippen molar-refractivity contribution in [3.05, 3.63) is 33.9 Å². The molecule has 1 fully saturated rings. The minimum atomic E-state index is -1.25. The Balaban J connectivity index is 1.97. The Kier molecular flexibility index (Phi) is 4.43. The molecule has 0 aliphatic carbocycles. The number of nitro groups is 1. The zero-order valence-corrected chi connectivity index (χ0v) is 14.2. The summed E-state index contributed by atoms with van der Waals surface area (Å²) in [6.07, 6.45) is 0.643. The van der Waals surface area contributed by atoms with Gasteiger partial charge in [-0.2, -0.15) is 0 Å². The monoisotopic (exact) mass is 355 g/mol. The number of fused-ring (bicyclic) bond motifs is 3. The van der Waals surface area contributed by atoms with E-state index in [9.17, 15) is 20.0 Å². The van der Waals surface area contributed by atoms with Crippen molar-refractivity contribution in [3.8, 4) is 0 Å². The van der Waals surface area contributed by atoms with E-state index in [1.807, 2.05) is 4.90 Å². The molecule has 7 nitrogen and oxygen atoms in total. The average Bonchev–Trinajstić information content (AvgIpc) is 2.79.